The summed E-state index contributed by atoms with van der Waals surface area (Å²) in [6.07, 6.45) is 3.99. The second kappa shape index (κ2) is 6.27. The van der Waals surface area contributed by atoms with Gasteiger partial charge in [0.1, 0.15) is 5.76 Å². The van der Waals surface area contributed by atoms with Gasteiger partial charge < -0.3 is 4.42 Å². The summed E-state index contributed by atoms with van der Waals surface area (Å²) in [5.74, 6) is 1.26. The van der Waals surface area contributed by atoms with Crippen LogP contribution in [0, 0.1) is 5.92 Å². The first-order valence-corrected chi connectivity index (χ1v) is 10.6. The molecule has 0 N–H and O–H groups in total. The van der Waals surface area contributed by atoms with E-state index in [4.69, 9.17) is 4.42 Å². The zero-order valence-electron chi connectivity index (χ0n) is 14.5. The SMILES string of the molecule is CS(=O)(=O)N1CC2CN(Cc3ccco3)CCC2(c2ccccc2)C1. The Kier molecular flexibility index (Phi) is 4.22. The van der Waals surface area contributed by atoms with Crippen LogP contribution in [-0.2, 0) is 22.0 Å². The molecule has 2 aromatic rings. The molecule has 3 heterocycles. The van der Waals surface area contributed by atoms with Gasteiger partial charge in [0.05, 0.1) is 19.1 Å². The molecule has 2 aliphatic heterocycles. The molecule has 0 saturated carbocycles. The van der Waals surface area contributed by atoms with Gasteiger partial charge in [0.2, 0.25) is 10.0 Å². The second-order valence-corrected chi connectivity index (χ2v) is 9.32. The van der Waals surface area contributed by atoms with E-state index in [1.54, 1.807) is 10.6 Å². The van der Waals surface area contributed by atoms with Crippen LogP contribution in [0.2, 0.25) is 0 Å². The molecule has 4 rings (SSSR count). The summed E-state index contributed by atoms with van der Waals surface area (Å²) in [6.45, 7) is 3.82. The number of fused-ring (bicyclic) bond motifs is 1. The molecule has 2 unspecified atom stereocenters. The van der Waals surface area contributed by atoms with E-state index in [9.17, 15) is 8.42 Å². The van der Waals surface area contributed by atoms with E-state index in [1.165, 1.54) is 11.8 Å². The number of rotatable bonds is 4. The maximum Gasteiger partial charge on any atom is 0.211 e. The molecule has 0 spiro atoms. The smallest absolute Gasteiger partial charge is 0.211 e. The highest BCUT2D eigenvalue weighted by molar-refractivity contribution is 7.88. The Hall–Kier alpha value is -1.63. The molecular formula is C19H24N2O3S. The highest BCUT2D eigenvalue weighted by Crippen LogP contribution is 2.46. The van der Waals surface area contributed by atoms with Crippen molar-refractivity contribution in [2.45, 2.75) is 18.4 Å². The average Bonchev–Trinajstić information content (AvgIpc) is 3.23. The predicted octanol–water partition coefficient (Wildman–Crippen LogP) is 2.31. The summed E-state index contributed by atoms with van der Waals surface area (Å²) in [6, 6.07) is 14.3. The third kappa shape index (κ3) is 3.14. The molecular weight excluding hydrogens is 336 g/mol. The van der Waals surface area contributed by atoms with Gasteiger partial charge in [0.15, 0.2) is 0 Å². The Morgan fingerprint density at radius 3 is 2.64 bits per heavy atom. The van der Waals surface area contributed by atoms with Crippen molar-refractivity contribution in [1.29, 1.82) is 0 Å². The third-order valence-corrected chi connectivity index (χ3v) is 7.01. The predicted molar refractivity (Wildman–Crippen MR) is 96.6 cm³/mol. The van der Waals surface area contributed by atoms with Gasteiger partial charge in [0.25, 0.3) is 0 Å². The molecule has 0 radical (unpaired) electrons. The van der Waals surface area contributed by atoms with Gasteiger partial charge in [-0.3, -0.25) is 4.90 Å². The van der Waals surface area contributed by atoms with Crippen LogP contribution in [0.3, 0.4) is 0 Å². The standard InChI is InChI=1S/C19H24N2O3S/c1-25(22,23)21-13-17-12-20(14-18-8-5-11-24-18)10-9-19(17,15-21)16-6-3-2-4-7-16/h2-8,11,17H,9-10,12-15H2,1H3. The van der Waals surface area contributed by atoms with Crippen molar-refractivity contribution in [3.8, 4) is 0 Å². The Balaban J connectivity index is 1.62. The number of hydrogen-bond donors (Lipinski definition) is 0. The van der Waals surface area contributed by atoms with Gasteiger partial charge in [-0.05, 0) is 36.6 Å². The van der Waals surface area contributed by atoms with Gasteiger partial charge in [-0.25, -0.2) is 12.7 Å². The molecule has 1 aromatic heterocycles. The first kappa shape index (κ1) is 16.8. The minimum Gasteiger partial charge on any atom is -0.468 e. The Labute approximate surface area is 149 Å². The number of piperidine rings is 1. The van der Waals surface area contributed by atoms with Crippen LogP contribution in [0.25, 0.3) is 0 Å². The minimum absolute atomic E-state index is 0.0794. The number of sulfonamides is 1. The van der Waals surface area contributed by atoms with Crippen LogP contribution in [-0.4, -0.2) is 50.1 Å². The van der Waals surface area contributed by atoms with Crippen LogP contribution >= 0.6 is 0 Å². The summed E-state index contributed by atoms with van der Waals surface area (Å²) in [5.41, 5.74) is 1.19. The van der Waals surface area contributed by atoms with Crippen molar-refractivity contribution in [3.05, 3.63) is 60.1 Å². The number of benzene rings is 1. The zero-order valence-corrected chi connectivity index (χ0v) is 15.3. The first-order chi connectivity index (χ1) is 12.0. The average molecular weight is 360 g/mol. The summed E-state index contributed by atoms with van der Waals surface area (Å²) >= 11 is 0. The summed E-state index contributed by atoms with van der Waals surface area (Å²) in [4.78, 5) is 2.39. The minimum atomic E-state index is -3.18. The molecule has 0 bridgehead atoms. The highest BCUT2D eigenvalue weighted by atomic mass is 32.2. The lowest BCUT2D eigenvalue weighted by Gasteiger charge is -2.43. The van der Waals surface area contributed by atoms with Crippen molar-refractivity contribution >= 4 is 10.0 Å². The lowest BCUT2D eigenvalue weighted by atomic mass is 9.68. The molecule has 5 nitrogen and oxygen atoms in total. The van der Waals surface area contributed by atoms with E-state index in [2.05, 4.69) is 29.2 Å². The fourth-order valence-corrected chi connectivity index (χ4v) is 5.38. The molecule has 2 atom stereocenters. The molecule has 1 aromatic carbocycles. The summed E-state index contributed by atoms with van der Waals surface area (Å²) in [5, 5.41) is 0. The summed E-state index contributed by atoms with van der Waals surface area (Å²) in [7, 11) is -3.18. The molecule has 2 aliphatic rings. The normalized spacial score (nSPS) is 28.1. The first-order valence-electron chi connectivity index (χ1n) is 8.73. The van der Waals surface area contributed by atoms with E-state index >= 15 is 0 Å². The molecule has 0 amide bonds. The quantitative estimate of drug-likeness (QED) is 0.840. The Morgan fingerprint density at radius 2 is 1.96 bits per heavy atom. The van der Waals surface area contributed by atoms with Gasteiger partial charge in [-0.15, -0.1) is 0 Å². The highest BCUT2D eigenvalue weighted by Gasteiger charge is 2.52. The van der Waals surface area contributed by atoms with Gasteiger partial charge in [0, 0.05) is 25.0 Å². The van der Waals surface area contributed by atoms with Crippen molar-refractivity contribution in [1.82, 2.24) is 9.21 Å². The van der Waals surface area contributed by atoms with Crippen LogP contribution < -0.4 is 0 Å². The van der Waals surface area contributed by atoms with E-state index in [1.807, 2.05) is 18.2 Å². The van der Waals surface area contributed by atoms with Crippen LogP contribution in [0.5, 0.6) is 0 Å². The molecule has 134 valence electrons. The number of hydrogen-bond acceptors (Lipinski definition) is 4. The van der Waals surface area contributed by atoms with E-state index in [0.717, 1.165) is 31.8 Å². The molecule has 2 fully saturated rings. The van der Waals surface area contributed by atoms with Crippen LogP contribution in [0.15, 0.2) is 53.1 Å². The molecule has 2 saturated heterocycles. The largest absolute Gasteiger partial charge is 0.468 e. The summed E-state index contributed by atoms with van der Waals surface area (Å²) < 4.78 is 31.5. The third-order valence-electron chi connectivity index (χ3n) is 5.79. The fraction of sp³-hybridized carbons (Fsp3) is 0.474. The maximum atomic E-state index is 12.2. The van der Waals surface area contributed by atoms with Crippen LogP contribution in [0.1, 0.15) is 17.7 Å². The van der Waals surface area contributed by atoms with Crippen molar-refractivity contribution in [2.24, 2.45) is 5.92 Å². The lowest BCUT2D eigenvalue weighted by molar-refractivity contribution is 0.110. The molecule has 25 heavy (non-hydrogen) atoms. The topological polar surface area (TPSA) is 53.8 Å². The Morgan fingerprint density at radius 1 is 1.16 bits per heavy atom. The number of furan rings is 1. The Bertz CT molecular complexity index is 820. The van der Waals surface area contributed by atoms with Gasteiger partial charge in [-0.2, -0.15) is 0 Å². The maximum absolute atomic E-state index is 12.2. The molecule has 0 aliphatic carbocycles. The van der Waals surface area contributed by atoms with Gasteiger partial charge >= 0.3 is 0 Å². The van der Waals surface area contributed by atoms with E-state index in [0.29, 0.717) is 19.0 Å². The van der Waals surface area contributed by atoms with Crippen LogP contribution in [0.4, 0.5) is 0 Å². The van der Waals surface area contributed by atoms with Gasteiger partial charge in [-0.1, -0.05) is 30.3 Å². The fourth-order valence-electron chi connectivity index (χ4n) is 4.47. The number of likely N-dealkylation sites (tertiary alicyclic amines) is 1. The lowest BCUT2D eigenvalue weighted by Crippen LogP contribution is -2.49. The van der Waals surface area contributed by atoms with Crippen molar-refractivity contribution in [2.75, 3.05) is 32.4 Å². The zero-order chi connectivity index (χ0) is 17.5. The molecule has 6 heteroatoms. The van der Waals surface area contributed by atoms with E-state index < -0.39 is 10.0 Å². The van der Waals surface area contributed by atoms with Crippen molar-refractivity contribution < 1.29 is 12.8 Å². The monoisotopic (exact) mass is 360 g/mol. The van der Waals surface area contributed by atoms with Crippen molar-refractivity contribution in [3.63, 3.8) is 0 Å². The second-order valence-electron chi connectivity index (χ2n) is 7.34. The number of nitrogens with zero attached hydrogens (tertiary/aromatic N) is 2. The van der Waals surface area contributed by atoms with E-state index in [-0.39, 0.29) is 5.41 Å².